The Hall–Kier alpha value is -3.74. The molecule has 32 heavy (non-hydrogen) atoms. The number of rotatable bonds is 6. The molecule has 0 radical (unpaired) electrons. The van der Waals surface area contributed by atoms with Gasteiger partial charge in [0.1, 0.15) is 12.2 Å². The summed E-state index contributed by atoms with van der Waals surface area (Å²) in [6.45, 7) is 6.78. The number of carbonyl (C=O) groups excluding carboxylic acids is 1. The van der Waals surface area contributed by atoms with Crippen LogP contribution in [-0.4, -0.2) is 32.6 Å². The van der Waals surface area contributed by atoms with E-state index in [1.807, 2.05) is 16.8 Å². The van der Waals surface area contributed by atoms with E-state index in [-0.39, 0.29) is 29.8 Å². The Morgan fingerprint density at radius 1 is 1.09 bits per heavy atom. The maximum Gasteiger partial charge on any atom is 0.325 e. The number of benzene rings is 1. The molecule has 0 aliphatic heterocycles. The number of hydrogen-bond donors (Lipinski definition) is 1. The Bertz CT molecular complexity index is 1250. The molecule has 0 spiro atoms. The second kappa shape index (κ2) is 8.42. The summed E-state index contributed by atoms with van der Waals surface area (Å²) in [5.74, 6) is 0.237. The van der Waals surface area contributed by atoms with Crippen LogP contribution in [0.1, 0.15) is 31.9 Å². The van der Waals surface area contributed by atoms with Crippen molar-refractivity contribution >= 4 is 23.0 Å². The summed E-state index contributed by atoms with van der Waals surface area (Å²) in [6.07, 6.45) is 7.24. The van der Waals surface area contributed by atoms with E-state index in [9.17, 15) is 4.79 Å². The lowest BCUT2D eigenvalue weighted by molar-refractivity contribution is -0.141. The molecule has 2 N–H and O–H groups in total. The fourth-order valence-corrected chi connectivity index (χ4v) is 4.16. The number of pyridine rings is 1. The van der Waals surface area contributed by atoms with Crippen molar-refractivity contribution in [3.8, 4) is 11.1 Å². The molecule has 4 aromatic rings. The quantitative estimate of drug-likeness (QED) is 0.461. The fraction of sp³-hybridized carbons (Fsp3) is 0.280. The number of ether oxygens (including phenoxy) is 1. The molecule has 0 saturated heterocycles. The van der Waals surface area contributed by atoms with E-state index in [4.69, 9.17) is 10.5 Å². The Morgan fingerprint density at radius 2 is 1.78 bits per heavy atom. The first-order chi connectivity index (χ1) is 15.3. The van der Waals surface area contributed by atoms with E-state index in [1.165, 1.54) is 12.7 Å². The molecule has 1 aromatic carbocycles. The molecular weight excluding hydrogens is 402 g/mol. The molecule has 0 fully saturated rings. The highest BCUT2D eigenvalue weighted by molar-refractivity contribution is 5.84. The van der Waals surface area contributed by atoms with Crippen LogP contribution in [0.3, 0.4) is 0 Å². The van der Waals surface area contributed by atoms with Gasteiger partial charge in [0.2, 0.25) is 5.95 Å². The van der Waals surface area contributed by atoms with Gasteiger partial charge in [0.15, 0.2) is 0 Å². The van der Waals surface area contributed by atoms with Crippen molar-refractivity contribution < 1.29 is 9.53 Å². The van der Waals surface area contributed by atoms with Crippen LogP contribution in [0.2, 0.25) is 0 Å². The van der Waals surface area contributed by atoms with E-state index in [0.717, 1.165) is 27.7 Å². The van der Waals surface area contributed by atoms with E-state index >= 15 is 0 Å². The van der Waals surface area contributed by atoms with Crippen LogP contribution in [0.4, 0.5) is 5.95 Å². The van der Waals surface area contributed by atoms with Gasteiger partial charge in [-0.1, -0.05) is 45.0 Å². The minimum absolute atomic E-state index is 0.119. The number of esters is 1. The van der Waals surface area contributed by atoms with Gasteiger partial charge in [-0.05, 0) is 34.7 Å². The molecule has 0 amide bonds. The van der Waals surface area contributed by atoms with Crippen LogP contribution >= 0.6 is 0 Å². The second-order valence-corrected chi connectivity index (χ2v) is 8.39. The van der Waals surface area contributed by atoms with Crippen molar-refractivity contribution in [2.24, 2.45) is 5.92 Å². The summed E-state index contributed by atoms with van der Waals surface area (Å²) < 4.78 is 6.76. The molecule has 0 bridgehead atoms. The normalized spacial score (nSPS) is 13.3. The van der Waals surface area contributed by atoms with E-state index in [2.05, 4.69) is 66.1 Å². The first kappa shape index (κ1) is 21.5. The first-order valence-corrected chi connectivity index (χ1v) is 10.5. The third-order valence-electron chi connectivity index (χ3n) is 6.36. The molecule has 0 aliphatic rings. The van der Waals surface area contributed by atoms with Gasteiger partial charge in [-0.25, -0.2) is 15.0 Å². The molecule has 3 aromatic heterocycles. The van der Waals surface area contributed by atoms with Gasteiger partial charge >= 0.3 is 5.97 Å². The minimum Gasteiger partial charge on any atom is -0.468 e. The van der Waals surface area contributed by atoms with Crippen LogP contribution in [0.5, 0.6) is 0 Å². The van der Waals surface area contributed by atoms with E-state index in [0.29, 0.717) is 0 Å². The first-order valence-electron chi connectivity index (χ1n) is 10.5. The molecule has 1 atom stereocenters. The highest BCUT2D eigenvalue weighted by Crippen LogP contribution is 2.43. The van der Waals surface area contributed by atoms with Crippen LogP contribution in [-0.2, 0) is 21.5 Å². The average Bonchev–Trinajstić information content (AvgIpc) is 3.17. The summed E-state index contributed by atoms with van der Waals surface area (Å²) in [5, 5.41) is 1.03. The number of nitrogens with zero attached hydrogens (tertiary/aromatic N) is 4. The van der Waals surface area contributed by atoms with Crippen LogP contribution < -0.4 is 5.73 Å². The molecule has 0 saturated carbocycles. The van der Waals surface area contributed by atoms with Crippen molar-refractivity contribution in [1.82, 2.24) is 19.5 Å². The van der Waals surface area contributed by atoms with Crippen molar-refractivity contribution in [2.45, 2.75) is 32.7 Å². The molecule has 0 aliphatic carbocycles. The van der Waals surface area contributed by atoms with Crippen molar-refractivity contribution in [2.75, 3.05) is 12.8 Å². The number of carbonyl (C=O) groups is 1. The van der Waals surface area contributed by atoms with Gasteiger partial charge in [-0.3, -0.25) is 4.79 Å². The standard InChI is InChI=1S/C25H27N5O2/c1-16(2)25(3,19-9-7-17(8-10-19)18-12-28-24(26)29-13-18)21-14-30(15-22(31)32-4)23-20(21)6-5-11-27-23/h5-14,16H,15H2,1-4H3,(H2,26,28,29). The zero-order valence-electron chi connectivity index (χ0n) is 18.7. The monoisotopic (exact) mass is 429 g/mol. The van der Waals surface area contributed by atoms with E-state index in [1.54, 1.807) is 18.6 Å². The number of anilines is 1. The number of methoxy groups -OCH3 is 1. The topological polar surface area (TPSA) is 95.9 Å². The van der Waals surface area contributed by atoms with Gasteiger partial charge in [-0.15, -0.1) is 0 Å². The summed E-state index contributed by atoms with van der Waals surface area (Å²) >= 11 is 0. The number of aromatic nitrogens is 4. The highest BCUT2D eigenvalue weighted by atomic mass is 16.5. The van der Waals surface area contributed by atoms with E-state index < -0.39 is 0 Å². The maximum absolute atomic E-state index is 12.0. The second-order valence-electron chi connectivity index (χ2n) is 8.39. The van der Waals surface area contributed by atoms with Gasteiger partial charge in [0, 0.05) is 41.2 Å². The van der Waals surface area contributed by atoms with Crippen LogP contribution in [0.15, 0.2) is 61.2 Å². The predicted octanol–water partition coefficient (Wildman–Crippen LogP) is 4.21. The zero-order valence-corrected chi connectivity index (χ0v) is 18.7. The highest BCUT2D eigenvalue weighted by Gasteiger charge is 2.35. The maximum atomic E-state index is 12.0. The van der Waals surface area contributed by atoms with Crippen molar-refractivity contribution in [3.63, 3.8) is 0 Å². The summed E-state index contributed by atoms with van der Waals surface area (Å²) in [4.78, 5) is 24.7. The average molecular weight is 430 g/mol. The molecule has 7 heteroatoms. The molecule has 7 nitrogen and oxygen atoms in total. The number of nitrogens with two attached hydrogens (primary N) is 1. The molecule has 4 rings (SSSR count). The smallest absolute Gasteiger partial charge is 0.325 e. The van der Waals surface area contributed by atoms with Gasteiger partial charge in [0.05, 0.1) is 7.11 Å². The Balaban J connectivity index is 1.82. The SMILES string of the molecule is COC(=O)Cn1cc(C(C)(c2ccc(-c3cnc(N)nc3)cc2)C(C)C)c2cccnc21. The van der Waals surface area contributed by atoms with Gasteiger partial charge < -0.3 is 15.0 Å². The summed E-state index contributed by atoms with van der Waals surface area (Å²) in [5.41, 5.74) is 10.3. The lowest BCUT2D eigenvalue weighted by atomic mass is 9.68. The number of hydrogen-bond acceptors (Lipinski definition) is 6. The zero-order chi connectivity index (χ0) is 22.9. The largest absolute Gasteiger partial charge is 0.468 e. The Morgan fingerprint density at radius 3 is 2.41 bits per heavy atom. The Kier molecular flexibility index (Phi) is 5.65. The van der Waals surface area contributed by atoms with Crippen molar-refractivity contribution in [3.05, 3.63) is 72.3 Å². The Labute approximate surface area is 187 Å². The molecule has 3 heterocycles. The lowest BCUT2D eigenvalue weighted by Gasteiger charge is -2.35. The van der Waals surface area contributed by atoms with Gasteiger partial charge in [-0.2, -0.15) is 0 Å². The van der Waals surface area contributed by atoms with Crippen LogP contribution in [0.25, 0.3) is 22.2 Å². The number of nitrogen functional groups attached to an aromatic ring is 1. The van der Waals surface area contributed by atoms with Gasteiger partial charge in [0.25, 0.3) is 0 Å². The fourth-order valence-electron chi connectivity index (χ4n) is 4.16. The van der Waals surface area contributed by atoms with Crippen LogP contribution in [0, 0.1) is 5.92 Å². The molecule has 1 unspecified atom stereocenters. The third-order valence-corrected chi connectivity index (χ3v) is 6.36. The summed E-state index contributed by atoms with van der Waals surface area (Å²) in [7, 11) is 1.40. The lowest BCUT2D eigenvalue weighted by Crippen LogP contribution is -2.30. The minimum atomic E-state index is -0.307. The molecular formula is C25H27N5O2. The molecule has 164 valence electrons. The summed E-state index contributed by atoms with van der Waals surface area (Å²) in [6, 6.07) is 12.4. The van der Waals surface area contributed by atoms with Crippen molar-refractivity contribution in [1.29, 1.82) is 0 Å². The predicted molar refractivity (Wildman–Crippen MR) is 125 cm³/mol. The third kappa shape index (κ3) is 3.70. The number of fused-ring (bicyclic) bond motifs is 1.